The number of hydrogen-bond donors (Lipinski definition) is 3. The second-order valence-electron chi connectivity index (χ2n) is 6.21. The number of anilines is 2. The zero-order chi connectivity index (χ0) is 21.7. The van der Waals surface area contributed by atoms with Crippen molar-refractivity contribution >= 4 is 17.5 Å². The number of halogens is 4. The Morgan fingerprint density at radius 1 is 1.10 bits per heavy atom. The van der Waals surface area contributed by atoms with Gasteiger partial charge in [-0.3, -0.25) is 0 Å². The Bertz CT molecular complexity index is 1020. The van der Waals surface area contributed by atoms with Crippen molar-refractivity contribution in [2.24, 2.45) is 0 Å². The molecule has 158 valence electrons. The van der Waals surface area contributed by atoms with E-state index in [2.05, 4.69) is 31.2 Å². The number of aromatic nitrogens is 4. The second kappa shape index (κ2) is 8.76. The maximum Gasteiger partial charge on any atom is 0.416 e. The van der Waals surface area contributed by atoms with Crippen LogP contribution in [0, 0.1) is 12.7 Å². The number of rotatable bonds is 6. The third-order valence-electron chi connectivity index (χ3n) is 3.81. The summed E-state index contributed by atoms with van der Waals surface area (Å²) in [6.07, 6.45) is -2.96. The van der Waals surface area contributed by atoms with Crippen molar-refractivity contribution in [2.45, 2.75) is 13.1 Å². The van der Waals surface area contributed by atoms with Crippen LogP contribution in [0.5, 0.6) is 0 Å². The van der Waals surface area contributed by atoms with E-state index in [9.17, 15) is 22.4 Å². The number of urea groups is 1. The van der Waals surface area contributed by atoms with E-state index < -0.39 is 23.6 Å². The van der Waals surface area contributed by atoms with E-state index in [1.165, 1.54) is 0 Å². The molecule has 0 spiro atoms. The third kappa shape index (κ3) is 5.65. The smallest absolute Gasteiger partial charge is 0.367 e. The van der Waals surface area contributed by atoms with Crippen LogP contribution >= 0.6 is 0 Å². The molecule has 3 N–H and O–H groups in total. The lowest BCUT2D eigenvalue weighted by Crippen LogP contribution is -2.32. The summed E-state index contributed by atoms with van der Waals surface area (Å²) in [5.74, 6) is -0.0988. The number of carbonyl (C=O) groups excluding carboxylic acids is 1. The lowest BCUT2D eigenvalue weighted by Gasteiger charge is -2.11. The normalized spacial score (nSPS) is 11.2. The van der Waals surface area contributed by atoms with Gasteiger partial charge in [0.1, 0.15) is 11.6 Å². The van der Waals surface area contributed by atoms with Crippen molar-refractivity contribution in [1.82, 2.24) is 25.3 Å². The summed E-state index contributed by atoms with van der Waals surface area (Å²) in [5.41, 5.74) is -0.647. The van der Waals surface area contributed by atoms with Crippen molar-refractivity contribution in [1.29, 1.82) is 0 Å². The van der Waals surface area contributed by atoms with Crippen molar-refractivity contribution in [3.05, 3.63) is 59.7 Å². The van der Waals surface area contributed by atoms with Gasteiger partial charge in [-0.15, -0.1) is 10.2 Å². The van der Waals surface area contributed by atoms with Crippen LogP contribution < -0.4 is 16.0 Å². The Kier molecular flexibility index (Phi) is 6.14. The molecular weight excluding hydrogens is 406 g/mol. The van der Waals surface area contributed by atoms with Gasteiger partial charge < -0.3 is 16.0 Å². The maximum absolute atomic E-state index is 13.3. The fourth-order valence-corrected chi connectivity index (χ4v) is 2.45. The molecule has 0 atom stereocenters. The van der Waals surface area contributed by atoms with Gasteiger partial charge in [-0.2, -0.15) is 18.3 Å². The molecule has 0 fully saturated rings. The van der Waals surface area contributed by atoms with Crippen LogP contribution in [-0.4, -0.2) is 39.1 Å². The monoisotopic (exact) mass is 423 g/mol. The van der Waals surface area contributed by atoms with E-state index in [1.807, 2.05) is 13.0 Å². The predicted molar refractivity (Wildman–Crippen MR) is 101 cm³/mol. The Hall–Kier alpha value is -3.70. The number of benzene rings is 1. The number of alkyl halides is 3. The minimum Gasteiger partial charge on any atom is -0.367 e. The van der Waals surface area contributed by atoms with Crippen molar-refractivity contribution in [3.63, 3.8) is 0 Å². The molecule has 12 heteroatoms. The molecule has 2 amide bonds. The lowest BCUT2D eigenvalue weighted by atomic mass is 10.2. The zero-order valence-corrected chi connectivity index (χ0v) is 15.7. The summed E-state index contributed by atoms with van der Waals surface area (Å²) >= 11 is 0. The Morgan fingerprint density at radius 2 is 1.90 bits per heavy atom. The van der Waals surface area contributed by atoms with Gasteiger partial charge in [0.15, 0.2) is 5.82 Å². The quantitative estimate of drug-likeness (QED) is 0.417. The van der Waals surface area contributed by atoms with Crippen LogP contribution in [-0.2, 0) is 6.18 Å². The molecular formula is C18H17F4N7O. The predicted octanol–water partition coefficient (Wildman–Crippen LogP) is 3.36. The van der Waals surface area contributed by atoms with Gasteiger partial charge in [0.25, 0.3) is 0 Å². The molecule has 3 aromatic rings. The highest BCUT2D eigenvalue weighted by atomic mass is 19.4. The summed E-state index contributed by atoms with van der Waals surface area (Å²) in [5, 5.41) is 19.8. The van der Waals surface area contributed by atoms with Gasteiger partial charge >= 0.3 is 12.2 Å². The van der Waals surface area contributed by atoms with E-state index in [0.29, 0.717) is 23.8 Å². The SMILES string of the molecule is Cc1ccn(-c2ccc(NCCNC(=O)Nc3cc(F)cc(C(F)(F)F)c3)nn2)n1. The summed E-state index contributed by atoms with van der Waals surface area (Å²) in [6, 6.07) is 6.26. The van der Waals surface area contributed by atoms with Gasteiger partial charge in [0.2, 0.25) is 0 Å². The number of carbonyl (C=O) groups is 1. The highest BCUT2D eigenvalue weighted by Gasteiger charge is 2.31. The molecule has 8 nitrogen and oxygen atoms in total. The molecule has 3 rings (SSSR count). The summed E-state index contributed by atoms with van der Waals surface area (Å²) < 4.78 is 53.0. The second-order valence-corrected chi connectivity index (χ2v) is 6.21. The lowest BCUT2D eigenvalue weighted by molar-refractivity contribution is -0.137. The molecule has 0 unspecified atom stereocenters. The molecule has 0 saturated carbocycles. The molecule has 2 heterocycles. The van der Waals surface area contributed by atoms with Crippen LogP contribution in [0.3, 0.4) is 0 Å². The van der Waals surface area contributed by atoms with Crippen LogP contribution in [0.4, 0.5) is 33.9 Å². The molecule has 1 aromatic carbocycles. The topological polar surface area (TPSA) is 96.8 Å². The minimum absolute atomic E-state index is 0.134. The first-order chi connectivity index (χ1) is 14.2. The van der Waals surface area contributed by atoms with Crippen LogP contribution in [0.2, 0.25) is 0 Å². The van der Waals surface area contributed by atoms with E-state index in [0.717, 1.165) is 11.8 Å². The van der Waals surface area contributed by atoms with Crippen molar-refractivity contribution < 1.29 is 22.4 Å². The number of amides is 2. The zero-order valence-electron chi connectivity index (χ0n) is 15.7. The molecule has 0 aliphatic heterocycles. The Balaban J connectivity index is 1.45. The Morgan fingerprint density at radius 3 is 2.53 bits per heavy atom. The van der Waals surface area contributed by atoms with E-state index in [-0.39, 0.29) is 18.8 Å². The Labute approximate surface area is 168 Å². The van der Waals surface area contributed by atoms with Gasteiger partial charge in [0.05, 0.1) is 11.3 Å². The van der Waals surface area contributed by atoms with E-state index in [1.54, 1.807) is 23.0 Å². The number of aryl methyl sites for hydroxylation is 1. The highest BCUT2D eigenvalue weighted by Crippen LogP contribution is 2.31. The molecule has 0 bridgehead atoms. The maximum atomic E-state index is 13.3. The standard InChI is InChI=1S/C18H17F4N7O/c1-11-4-7-29(28-11)16-3-2-15(26-27-16)23-5-6-24-17(30)25-14-9-12(18(20,21)22)8-13(19)10-14/h2-4,7-10H,5-6H2,1H3,(H,23,26)(H2,24,25,30). The minimum atomic E-state index is -4.72. The fraction of sp³-hybridized carbons (Fsp3) is 0.222. The van der Waals surface area contributed by atoms with E-state index in [4.69, 9.17) is 0 Å². The van der Waals surface area contributed by atoms with Gasteiger partial charge in [0, 0.05) is 25.0 Å². The van der Waals surface area contributed by atoms with Crippen molar-refractivity contribution in [3.8, 4) is 5.82 Å². The number of hydrogen-bond acceptors (Lipinski definition) is 5. The average Bonchev–Trinajstić information content (AvgIpc) is 3.11. The molecule has 0 aliphatic carbocycles. The molecule has 30 heavy (non-hydrogen) atoms. The number of nitrogens with one attached hydrogen (secondary N) is 3. The van der Waals surface area contributed by atoms with Crippen LogP contribution in [0.25, 0.3) is 5.82 Å². The van der Waals surface area contributed by atoms with E-state index >= 15 is 0 Å². The fourth-order valence-electron chi connectivity index (χ4n) is 2.45. The summed E-state index contributed by atoms with van der Waals surface area (Å²) in [4.78, 5) is 11.8. The first-order valence-corrected chi connectivity index (χ1v) is 8.73. The average molecular weight is 423 g/mol. The third-order valence-corrected chi connectivity index (χ3v) is 3.81. The van der Waals surface area contributed by atoms with Gasteiger partial charge in [-0.05, 0) is 43.3 Å². The molecule has 0 radical (unpaired) electrons. The molecule has 2 aromatic heterocycles. The summed E-state index contributed by atoms with van der Waals surface area (Å²) in [7, 11) is 0. The summed E-state index contributed by atoms with van der Waals surface area (Å²) in [6.45, 7) is 2.26. The van der Waals surface area contributed by atoms with Crippen LogP contribution in [0.1, 0.15) is 11.3 Å². The largest absolute Gasteiger partial charge is 0.416 e. The number of nitrogens with zero attached hydrogens (tertiary/aromatic N) is 4. The first-order valence-electron chi connectivity index (χ1n) is 8.73. The first kappa shape index (κ1) is 21.0. The van der Waals surface area contributed by atoms with Gasteiger partial charge in [-0.1, -0.05) is 0 Å². The van der Waals surface area contributed by atoms with Crippen molar-refractivity contribution in [2.75, 3.05) is 23.7 Å². The van der Waals surface area contributed by atoms with Gasteiger partial charge in [-0.25, -0.2) is 13.9 Å². The highest BCUT2D eigenvalue weighted by molar-refractivity contribution is 5.89. The molecule has 0 saturated heterocycles. The van der Waals surface area contributed by atoms with Crippen LogP contribution in [0.15, 0.2) is 42.6 Å². The molecule has 0 aliphatic rings.